The predicted molar refractivity (Wildman–Crippen MR) is 44.7 cm³/mol. The molecule has 0 fully saturated rings. The Morgan fingerprint density at radius 3 is 2.22 bits per heavy atom. The van der Waals surface area contributed by atoms with Crippen molar-refractivity contribution in [3.8, 4) is 0 Å². The van der Waals surface area contributed by atoms with Crippen molar-refractivity contribution in [1.29, 1.82) is 0 Å². The van der Waals surface area contributed by atoms with E-state index in [0.717, 1.165) is 19.3 Å². The molecule has 3 heteroatoms. The normalized spacial score (nSPS) is 12.0. The van der Waals surface area contributed by atoms with Crippen LogP contribution < -0.4 is 0 Å². The van der Waals surface area contributed by atoms with E-state index in [1.807, 2.05) is 6.92 Å². The van der Waals surface area contributed by atoms with Crippen LogP contribution in [0.1, 0.15) is 26.2 Å². The predicted octanol–water partition coefficient (Wildman–Crippen LogP) is 3.59. The monoisotopic (exact) mass is 188 g/mol. The lowest BCUT2D eigenvalue weighted by Gasteiger charge is -2.15. The smallest absolute Gasteiger partial charge is 0.118 e. The molecule has 0 saturated heterocycles. The molecular formula is C6H11Cl3. The van der Waals surface area contributed by atoms with Gasteiger partial charge in [0.15, 0.2) is 0 Å². The van der Waals surface area contributed by atoms with Crippen molar-refractivity contribution in [2.24, 2.45) is 0 Å². The van der Waals surface area contributed by atoms with E-state index in [-0.39, 0.29) is 0 Å². The molecule has 0 unspecified atom stereocenters. The van der Waals surface area contributed by atoms with Crippen LogP contribution in [-0.2, 0) is 0 Å². The van der Waals surface area contributed by atoms with Crippen molar-refractivity contribution >= 4 is 34.8 Å². The summed E-state index contributed by atoms with van der Waals surface area (Å²) in [5.41, 5.74) is 0. The molecule has 9 heavy (non-hydrogen) atoms. The number of halogens is 3. The maximum atomic E-state index is 5.81. The third-order valence-electron chi connectivity index (χ3n) is 1.19. The van der Waals surface area contributed by atoms with Crippen LogP contribution in [0.3, 0.4) is 0 Å². The molecule has 56 valence electrons. The minimum absolute atomic E-state index is 0.547. The summed E-state index contributed by atoms with van der Waals surface area (Å²) in [5, 5.41) is 0. The highest BCUT2D eigenvalue weighted by molar-refractivity contribution is 6.48. The quantitative estimate of drug-likeness (QED) is 0.593. The van der Waals surface area contributed by atoms with E-state index in [4.69, 9.17) is 34.8 Å². The molecule has 0 bridgehead atoms. The SMILES string of the molecule is CCC(Cl)(Cl)CCCCl. The van der Waals surface area contributed by atoms with Gasteiger partial charge < -0.3 is 0 Å². The van der Waals surface area contributed by atoms with Crippen LogP contribution in [0.2, 0.25) is 0 Å². The molecule has 0 aliphatic heterocycles. The maximum Gasteiger partial charge on any atom is 0.118 e. The van der Waals surface area contributed by atoms with Gasteiger partial charge in [0.05, 0.1) is 0 Å². The van der Waals surface area contributed by atoms with Gasteiger partial charge in [0.1, 0.15) is 4.33 Å². The second kappa shape index (κ2) is 4.65. The summed E-state index contributed by atoms with van der Waals surface area (Å²) < 4.78 is -0.547. The summed E-state index contributed by atoms with van der Waals surface area (Å²) in [6, 6.07) is 0. The zero-order chi connectivity index (χ0) is 7.33. The summed E-state index contributed by atoms with van der Waals surface area (Å²) in [6.45, 7) is 1.97. The van der Waals surface area contributed by atoms with E-state index < -0.39 is 4.33 Å². The molecule has 0 atom stereocenters. The number of alkyl halides is 3. The maximum absolute atomic E-state index is 5.81. The average Bonchev–Trinajstić information content (AvgIpc) is 1.84. The largest absolute Gasteiger partial charge is 0.127 e. The molecule has 0 rings (SSSR count). The second-order valence-electron chi connectivity index (χ2n) is 2.00. The molecular weight excluding hydrogens is 178 g/mol. The molecule has 0 aliphatic carbocycles. The second-order valence-corrected chi connectivity index (χ2v) is 4.02. The van der Waals surface area contributed by atoms with Crippen molar-refractivity contribution < 1.29 is 0 Å². The van der Waals surface area contributed by atoms with Gasteiger partial charge in [-0.2, -0.15) is 0 Å². The van der Waals surface area contributed by atoms with Crippen LogP contribution in [0.25, 0.3) is 0 Å². The van der Waals surface area contributed by atoms with Crippen LogP contribution in [0.15, 0.2) is 0 Å². The van der Waals surface area contributed by atoms with Crippen LogP contribution in [0, 0.1) is 0 Å². The van der Waals surface area contributed by atoms with Crippen molar-refractivity contribution in [3.63, 3.8) is 0 Å². The van der Waals surface area contributed by atoms with Crippen LogP contribution in [0.4, 0.5) is 0 Å². The van der Waals surface area contributed by atoms with Gasteiger partial charge in [-0.1, -0.05) is 6.92 Å². The number of rotatable bonds is 4. The third-order valence-corrected chi connectivity index (χ3v) is 2.37. The Hall–Kier alpha value is 0.870. The molecule has 0 aromatic rings. The van der Waals surface area contributed by atoms with Crippen LogP contribution >= 0.6 is 34.8 Å². The summed E-state index contributed by atoms with van der Waals surface area (Å²) in [4.78, 5) is 0. The molecule has 0 amide bonds. The molecule has 0 nitrogen and oxygen atoms in total. The standard InChI is InChI=1S/C6H11Cl3/c1-2-6(8,9)4-3-5-7/h2-5H2,1H3. The Bertz CT molecular complexity index is 70.7. The molecule has 0 aromatic heterocycles. The summed E-state index contributed by atoms with van der Waals surface area (Å²) >= 11 is 17.1. The van der Waals surface area contributed by atoms with Gasteiger partial charge in [0, 0.05) is 5.88 Å². The Morgan fingerprint density at radius 2 is 1.89 bits per heavy atom. The Morgan fingerprint density at radius 1 is 1.33 bits per heavy atom. The Kier molecular flexibility index (Phi) is 5.10. The number of hydrogen-bond donors (Lipinski definition) is 0. The summed E-state index contributed by atoms with van der Waals surface area (Å²) in [6.07, 6.45) is 2.46. The summed E-state index contributed by atoms with van der Waals surface area (Å²) in [5.74, 6) is 0.640. The minimum atomic E-state index is -0.547. The highest BCUT2D eigenvalue weighted by Crippen LogP contribution is 2.30. The van der Waals surface area contributed by atoms with Crippen LogP contribution in [0.5, 0.6) is 0 Å². The van der Waals surface area contributed by atoms with E-state index in [1.54, 1.807) is 0 Å². The van der Waals surface area contributed by atoms with Crippen molar-refractivity contribution in [3.05, 3.63) is 0 Å². The lowest BCUT2D eigenvalue weighted by Crippen LogP contribution is -2.10. The van der Waals surface area contributed by atoms with E-state index in [0.29, 0.717) is 5.88 Å². The zero-order valence-corrected chi connectivity index (χ0v) is 7.73. The van der Waals surface area contributed by atoms with E-state index in [9.17, 15) is 0 Å². The van der Waals surface area contributed by atoms with Gasteiger partial charge in [-0.15, -0.1) is 34.8 Å². The first-order chi connectivity index (χ1) is 4.12. The average molecular weight is 190 g/mol. The van der Waals surface area contributed by atoms with Crippen molar-refractivity contribution in [2.75, 3.05) is 5.88 Å². The fraction of sp³-hybridized carbons (Fsp3) is 1.00. The van der Waals surface area contributed by atoms with E-state index in [1.165, 1.54) is 0 Å². The van der Waals surface area contributed by atoms with Gasteiger partial charge in [-0.25, -0.2) is 0 Å². The zero-order valence-electron chi connectivity index (χ0n) is 5.46. The third kappa shape index (κ3) is 5.32. The molecule has 0 spiro atoms. The van der Waals surface area contributed by atoms with Gasteiger partial charge in [-0.3, -0.25) is 0 Å². The van der Waals surface area contributed by atoms with Gasteiger partial charge >= 0.3 is 0 Å². The van der Waals surface area contributed by atoms with E-state index in [2.05, 4.69) is 0 Å². The summed E-state index contributed by atoms with van der Waals surface area (Å²) in [7, 11) is 0. The molecule has 0 aromatic carbocycles. The number of hydrogen-bond acceptors (Lipinski definition) is 0. The molecule has 0 N–H and O–H groups in total. The van der Waals surface area contributed by atoms with Gasteiger partial charge in [0.2, 0.25) is 0 Å². The molecule has 0 heterocycles. The lowest BCUT2D eigenvalue weighted by molar-refractivity contribution is 0.659. The highest BCUT2D eigenvalue weighted by Gasteiger charge is 2.19. The van der Waals surface area contributed by atoms with Gasteiger partial charge in [-0.05, 0) is 19.3 Å². The van der Waals surface area contributed by atoms with E-state index >= 15 is 0 Å². The van der Waals surface area contributed by atoms with Crippen molar-refractivity contribution in [2.45, 2.75) is 30.5 Å². The lowest BCUT2D eigenvalue weighted by atomic mass is 10.2. The topological polar surface area (TPSA) is 0 Å². The van der Waals surface area contributed by atoms with Crippen molar-refractivity contribution in [1.82, 2.24) is 0 Å². The molecule has 0 radical (unpaired) electrons. The first-order valence-electron chi connectivity index (χ1n) is 3.06. The Balaban J connectivity index is 3.33. The first-order valence-corrected chi connectivity index (χ1v) is 4.35. The Labute approximate surface area is 71.5 Å². The molecule has 0 saturated carbocycles. The highest BCUT2D eigenvalue weighted by atomic mass is 35.5. The van der Waals surface area contributed by atoms with Crippen LogP contribution in [-0.4, -0.2) is 10.2 Å². The fourth-order valence-electron chi connectivity index (χ4n) is 0.502. The van der Waals surface area contributed by atoms with Gasteiger partial charge in [0.25, 0.3) is 0 Å². The fourth-order valence-corrected chi connectivity index (χ4v) is 0.903. The first kappa shape index (κ1) is 9.87. The molecule has 0 aliphatic rings. The minimum Gasteiger partial charge on any atom is -0.127 e.